The van der Waals surface area contributed by atoms with Crippen molar-refractivity contribution in [1.29, 1.82) is 0 Å². The SMILES string of the molecule is Cc1cc(C[NH+]2CC[NH+]([C@@H](C)C(=O)Nc3ccc(OC(F)(F)F)cc3)CC2)no1. The summed E-state index contributed by atoms with van der Waals surface area (Å²) in [5.74, 6) is 0.308. The number of alkyl halides is 3. The predicted octanol–water partition coefficient (Wildman–Crippen LogP) is 0.192. The van der Waals surface area contributed by atoms with Crippen molar-refractivity contribution < 1.29 is 37.0 Å². The minimum atomic E-state index is -4.74. The highest BCUT2D eigenvalue weighted by molar-refractivity contribution is 5.93. The van der Waals surface area contributed by atoms with E-state index in [2.05, 4.69) is 15.2 Å². The Hall–Kier alpha value is -2.59. The Labute approximate surface area is 166 Å². The fraction of sp³-hybridized carbons (Fsp3) is 0.474. The quantitative estimate of drug-likeness (QED) is 0.631. The van der Waals surface area contributed by atoms with E-state index in [0.717, 1.165) is 44.2 Å². The van der Waals surface area contributed by atoms with E-state index >= 15 is 0 Å². The third-order valence-electron chi connectivity index (χ3n) is 5.07. The Kier molecular flexibility index (Phi) is 6.43. The number of nitrogens with one attached hydrogen (secondary N) is 3. The van der Waals surface area contributed by atoms with Gasteiger partial charge in [0.25, 0.3) is 5.91 Å². The van der Waals surface area contributed by atoms with Crippen molar-refractivity contribution in [2.45, 2.75) is 32.8 Å². The maximum atomic E-state index is 12.5. The Morgan fingerprint density at radius 1 is 1.24 bits per heavy atom. The van der Waals surface area contributed by atoms with E-state index in [9.17, 15) is 18.0 Å². The van der Waals surface area contributed by atoms with Crippen molar-refractivity contribution >= 4 is 11.6 Å². The van der Waals surface area contributed by atoms with E-state index in [1.165, 1.54) is 34.1 Å². The molecular formula is C19H25F3N4O3+2. The summed E-state index contributed by atoms with van der Waals surface area (Å²) in [6, 6.07) is 6.80. The number of carbonyl (C=O) groups is 1. The molecule has 2 heterocycles. The van der Waals surface area contributed by atoms with E-state index in [1.807, 2.05) is 19.9 Å². The summed E-state index contributed by atoms with van der Waals surface area (Å²) in [6.07, 6.45) is -4.74. The van der Waals surface area contributed by atoms with Crippen molar-refractivity contribution in [2.24, 2.45) is 0 Å². The minimum absolute atomic E-state index is 0.167. The number of hydrogen-bond donors (Lipinski definition) is 3. The van der Waals surface area contributed by atoms with Crippen LogP contribution in [0, 0.1) is 6.92 Å². The van der Waals surface area contributed by atoms with Gasteiger partial charge in [0.1, 0.15) is 49.9 Å². The number of hydrogen-bond acceptors (Lipinski definition) is 4. The first-order valence-electron chi connectivity index (χ1n) is 9.46. The number of benzene rings is 1. The highest BCUT2D eigenvalue weighted by Gasteiger charge is 2.32. The van der Waals surface area contributed by atoms with Crippen molar-refractivity contribution in [3.05, 3.63) is 41.8 Å². The molecule has 0 saturated carbocycles. The zero-order chi connectivity index (χ0) is 21.0. The van der Waals surface area contributed by atoms with Gasteiger partial charge in [-0.1, -0.05) is 5.16 Å². The van der Waals surface area contributed by atoms with E-state index < -0.39 is 6.36 Å². The lowest BCUT2D eigenvalue weighted by molar-refractivity contribution is -1.02. The van der Waals surface area contributed by atoms with Crippen molar-refractivity contribution in [1.82, 2.24) is 5.16 Å². The normalized spacial score (nSPS) is 20.9. The number of nitrogens with zero attached hydrogens (tertiary/aromatic N) is 1. The molecule has 7 nitrogen and oxygen atoms in total. The summed E-state index contributed by atoms with van der Waals surface area (Å²) >= 11 is 0. The highest BCUT2D eigenvalue weighted by Crippen LogP contribution is 2.23. The van der Waals surface area contributed by atoms with Crippen molar-refractivity contribution in [3.8, 4) is 5.75 Å². The molecule has 2 aromatic rings. The number of piperazine rings is 1. The molecule has 0 spiro atoms. The summed E-state index contributed by atoms with van der Waals surface area (Å²) in [5, 5.41) is 6.78. The molecule has 1 amide bonds. The van der Waals surface area contributed by atoms with Gasteiger partial charge in [-0.05, 0) is 38.1 Å². The van der Waals surface area contributed by atoms with Gasteiger partial charge < -0.3 is 24.4 Å². The van der Waals surface area contributed by atoms with Gasteiger partial charge in [0, 0.05) is 11.8 Å². The third kappa shape index (κ3) is 6.20. The van der Waals surface area contributed by atoms with Gasteiger partial charge in [-0.25, -0.2) is 0 Å². The monoisotopic (exact) mass is 414 g/mol. The second-order valence-electron chi connectivity index (χ2n) is 7.30. The predicted molar refractivity (Wildman–Crippen MR) is 97.6 cm³/mol. The van der Waals surface area contributed by atoms with Crippen LogP contribution < -0.4 is 19.9 Å². The zero-order valence-corrected chi connectivity index (χ0v) is 16.3. The minimum Gasteiger partial charge on any atom is -0.406 e. The van der Waals surface area contributed by atoms with Crippen LogP contribution in [0.1, 0.15) is 18.4 Å². The number of anilines is 1. The topological polar surface area (TPSA) is 73.2 Å². The summed E-state index contributed by atoms with van der Waals surface area (Å²) in [4.78, 5) is 15.1. The van der Waals surface area contributed by atoms with Crippen LogP contribution in [0.2, 0.25) is 0 Å². The fourth-order valence-electron chi connectivity index (χ4n) is 3.47. The number of ether oxygens (including phenoxy) is 1. The second-order valence-corrected chi connectivity index (χ2v) is 7.30. The number of aromatic nitrogens is 1. The molecule has 1 saturated heterocycles. The largest absolute Gasteiger partial charge is 0.573 e. The van der Waals surface area contributed by atoms with Gasteiger partial charge in [0.2, 0.25) is 0 Å². The van der Waals surface area contributed by atoms with Crippen LogP contribution in [0.15, 0.2) is 34.9 Å². The van der Waals surface area contributed by atoms with Crippen molar-refractivity contribution in [3.63, 3.8) is 0 Å². The van der Waals surface area contributed by atoms with Crippen LogP contribution in [-0.2, 0) is 11.3 Å². The number of quaternary nitrogens is 2. The molecule has 158 valence electrons. The standard InChI is InChI=1S/C19H23F3N4O3/c1-13-11-16(24-29-13)12-25-7-9-26(10-8-25)14(2)18(27)23-15-3-5-17(6-4-15)28-19(20,21)22/h3-6,11,14H,7-10,12H2,1-2H3,(H,23,27)/p+2/t14-/m0/s1. The molecule has 3 rings (SSSR count). The maximum Gasteiger partial charge on any atom is 0.573 e. The van der Waals surface area contributed by atoms with E-state index in [0.29, 0.717) is 5.69 Å². The molecule has 1 aromatic heterocycles. The molecule has 10 heteroatoms. The average Bonchev–Trinajstić information content (AvgIpc) is 3.07. The molecule has 1 aliphatic heterocycles. The summed E-state index contributed by atoms with van der Waals surface area (Å²) in [5.41, 5.74) is 1.37. The Balaban J connectivity index is 1.46. The molecule has 0 aliphatic carbocycles. The maximum absolute atomic E-state index is 12.5. The molecular weight excluding hydrogens is 389 g/mol. The van der Waals surface area contributed by atoms with E-state index in [4.69, 9.17) is 4.52 Å². The second kappa shape index (κ2) is 8.83. The lowest BCUT2D eigenvalue weighted by Gasteiger charge is -2.32. The number of carbonyl (C=O) groups excluding carboxylic acids is 1. The first-order valence-corrected chi connectivity index (χ1v) is 9.46. The first kappa shape index (κ1) is 21.1. The molecule has 1 atom stereocenters. The molecule has 3 N–H and O–H groups in total. The smallest absolute Gasteiger partial charge is 0.406 e. The fourth-order valence-corrected chi connectivity index (χ4v) is 3.47. The molecule has 29 heavy (non-hydrogen) atoms. The Bertz CT molecular complexity index is 815. The van der Waals surface area contributed by atoms with Crippen LogP contribution >= 0.6 is 0 Å². The average molecular weight is 414 g/mol. The van der Waals surface area contributed by atoms with Crippen LogP contribution in [0.4, 0.5) is 18.9 Å². The van der Waals surface area contributed by atoms with Gasteiger partial charge >= 0.3 is 6.36 Å². The van der Waals surface area contributed by atoms with Crippen LogP contribution in [0.3, 0.4) is 0 Å². The Morgan fingerprint density at radius 2 is 1.90 bits per heavy atom. The van der Waals surface area contributed by atoms with Gasteiger partial charge in [-0.15, -0.1) is 13.2 Å². The molecule has 0 radical (unpaired) electrons. The van der Waals surface area contributed by atoms with Crippen LogP contribution in [-0.4, -0.2) is 49.6 Å². The van der Waals surface area contributed by atoms with Crippen molar-refractivity contribution in [2.75, 3.05) is 31.5 Å². The summed E-state index contributed by atoms with van der Waals surface area (Å²) < 4.78 is 45.6. The third-order valence-corrected chi connectivity index (χ3v) is 5.07. The number of aryl methyl sites for hydroxylation is 1. The van der Waals surface area contributed by atoms with Gasteiger partial charge in [0.05, 0.1) is 0 Å². The summed E-state index contributed by atoms with van der Waals surface area (Å²) in [6.45, 7) is 8.06. The summed E-state index contributed by atoms with van der Waals surface area (Å²) in [7, 11) is 0. The molecule has 1 aromatic carbocycles. The van der Waals surface area contributed by atoms with E-state index in [1.54, 1.807) is 0 Å². The van der Waals surface area contributed by atoms with Gasteiger partial charge in [-0.2, -0.15) is 0 Å². The number of amides is 1. The molecule has 0 unspecified atom stereocenters. The lowest BCUT2D eigenvalue weighted by atomic mass is 10.2. The molecule has 1 aliphatic rings. The molecule has 0 bridgehead atoms. The van der Waals surface area contributed by atoms with E-state index in [-0.39, 0.29) is 17.7 Å². The van der Waals surface area contributed by atoms with Gasteiger partial charge in [-0.3, -0.25) is 4.79 Å². The number of halogens is 3. The molecule has 1 fully saturated rings. The van der Waals surface area contributed by atoms with Gasteiger partial charge in [0.15, 0.2) is 6.04 Å². The number of rotatable bonds is 6. The lowest BCUT2D eigenvalue weighted by Crippen LogP contribution is -3.29. The highest BCUT2D eigenvalue weighted by atomic mass is 19.4. The van der Waals surface area contributed by atoms with Crippen LogP contribution in [0.25, 0.3) is 0 Å². The Morgan fingerprint density at radius 3 is 2.45 bits per heavy atom. The first-order chi connectivity index (χ1) is 13.7. The van der Waals surface area contributed by atoms with Crippen LogP contribution in [0.5, 0.6) is 5.75 Å². The zero-order valence-electron chi connectivity index (χ0n) is 16.3.